The molecule has 120 valence electrons. The Bertz CT molecular complexity index is 600. The highest BCUT2D eigenvalue weighted by molar-refractivity contribution is 5.92. The Balaban J connectivity index is 1.92. The first-order chi connectivity index (χ1) is 10.5. The van der Waals surface area contributed by atoms with E-state index in [1.54, 1.807) is 17.2 Å². The molecule has 0 fully saturated rings. The minimum atomic E-state index is -0.0564. The van der Waals surface area contributed by atoms with Gasteiger partial charge in [0.1, 0.15) is 5.69 Å². The van der Waals surface area contributed by atoms with Crippen molar-refractivity contribution in [3.63, 3.8) is 0 Å². The van der Waals surface area contributed by atoms with Crippen LogP contribution in [0.3, 0.4) is 0 Å². The highest BCUT2D eigenvalue weighted by Crippen LogP contribution is 2.15. The molecule has 0 aliphatic rings. The molecule has 1 amide bonds. The Kier molecular flexibility index (Phi) is 5.35. The lowest BCUT2D eigenvalue weighted by Crippen LogP contribution is -2.28. The number of rotatable bonds is 7. The predicted molar refractivity (Wildman–Crippen MR) is 85.9 cm³/mol. The Morgan fingerprint density at radius 3 is 2.73 bits per heavy atom. The normalized spacial score (nSPS) is 12.6. The highest BCUT2D eigenvalue weighted by Gasteiger charge is 2.16. The number of carbonyl (C=O) groups excluding carboxylic acids is 1. The molecule has 0 aliphatic carbocycles. The fourth-order valence-electron chi connectivity index (χ4n) is 2.31. The SMILES string of the molecule is CCn1nc(C(C)C)cc1C(=O)NCCC(C)n1ccnc1. The van der Waals surface area contributed by atoms with Crippen molar-refractivity contribution in [3.8, 4) is 0 Å². The van der Waals surface area contributed by atoms with Gasteiger partial charge in [0.15, 0.2) is 0 Å². The largest absolute Gasteiger partial charge is 0.351 e. The molecule has 2 aromatic heterocycles. The second-order valence-corrected chi connectivity index (χ2v) is 5.83. The lowest BCUT2D eigenvalue weighted by molar-refractivity contribution is 0.0941. The molecule has 22 heavy (non-hydrogen) atoms. The van der Waals surface area contributed by atoms with Crippen LogP contribution in [-0.4, -0.2) is 31.8 Å². The molecule has 0 aliphatic heterocycles. The molecule has 1 N–H and O–H groups in total. The monoisotopic (exact) mass is 303 g/mol. The van der Waals surface area contributed by atoms with Gasteiger partial charge in [-0.15, -0.1) is 0 Å². The molecule has 1 atom stereocenters. The third-order valence-electron chi connectivity index (χ3n) is 3.80. The Hall–Kier alpha value is -2.11. The van der Waals surface area contributed by atoms with Crippen LogP contribution in [-0.2, 0) is 6.54 Å². The molecule has 2 heterocycles. The van der Waals surface area contributed by atoms with Crippen molar-refractivity contribution in [2.75, 3.05) is 6.54 Å². The Morgan fingerprint density at radius 1 is 1.36 bits per heavy atom. The molecular formula is C16H25N5O. The van der Waals surface area contributed by atoms with E-state index < -0.39 is 0 Å². The van der Waals surface area contributed by atoms with E-state index in [1.807, 2.05) is 23.8 Å². The number of aryl methyl sites for hydroxylation is 1. The van der Waals surface area contributed by atoms with Gasteiger partial charge < -0.3 is 9.88 Å². The summed E-state index contributed by atoms with van der Waals surface area (Å²) in [4.78, 5) is 16.4. The van der Waals surface area contributed by atoms with Gasteiger partial charge in [0.2, 0.25) is 0 Å². The van der Waals surface area contributed by atoms with Gasteiger partial charge in [-0.25, -0.2) is 4.98 Å². The van der Waals surface area contributed by atoms with Gasteiger partial charge >= 0.3 is 0 Å². The Labute approximate surface area is 131 Å². The van der Waals surface area contributed by atoms with Gasteiger partial charge in [0, 0.05) is 31.5 Å². The van der Waals surface area contributed by atoms with Crippen LogP contribution in [0.1, 0.15) is 62.3 Å². The van der Waals surface area contributed by atoms with Crippen molar-refractivity contribution in [1.82, 2.24) is 24.6 Å². The summed E-state index contributed by atoms with van der Waals surface area (Å²) >= 11 is 0. The molecule has 0 spiro atoms. The van der Waals surface area contributed by atoms with Gasteiger partial charge in [0.25, 0.3) is 5.91 Å². The van der Waals surface area contributed by atoms with Crippen LogP contribution in [0.4, 0.5) is 0 Å². The standard InChI is InChI=1S/C16H25N5O/c1-5-21-15(10-14(19-21)12(2)3)16(22)18-7-6-13(4)20-9-8-17-11-20/h8-13H,5-7H2,1-4H3,(H,18,22). The summed E-state index contributed by atoms with van der Waals surface area (Å²) in [7, 11) is 0. The average molecular weight is 303 g/mol. The zero-order chi connectivity index (χ0) is 16.1. The first-order valence-corrected chi connectivity index (χ1v) is 7.86. The van der Waals surface area contributed by atoms with Crippen LogP contribution in [0.5, 0.6) is 0 Å². The summed E-state index contributed by atoms with van der Waals surface area (Å²) in [6.45, 7) is 9.59. The smallest absolute Gasteiger partial charge is 0.269 e. The molecule has 6 nitrogen and oxygen atoms in total. The first-order valence-electron chi connectivity index (χ1n) is 7.86. The second kappa shape index (κ2) is 7.24. The van der Waals surface area contributed by atoms with E-state index >= 15 is 0 Å². The number of imidazole rings is 1. The summed E-state index contributed by atoms with van der Waals surface area (Å²) in [6, 6.07) is 2.20. The number of hydrogen-bond donors (Lipinski definition) is 1. The molecule has 1 unspecified atom stereocenters. The zero-order valence-electron chi connectivity index (χ0n) is 13.8. The van der Waals surface area contributed by atoms with E-state index in [-0.39, 0.29) is 5.91 Å². The number of nitrogens with zero attached hydrogens (tertiary/aromatic N) is 4. The van der Waals surface area contributed by atoms with Gasteiger partial charge in [-0.05, 0) is 32.3 Å². The topological polar surface area (TPSA) is 64.7 Å². The van der Waals surface area contributed by atoms with E-state index in [4.69, 9.17) is 0 Å². The molecule has 2 aromatic rings. The maximum Gasteiger partial charge on any atom is 0.269 e. The molecule has 0 saturated heterocycles. The Morgan fingerprint density at radius 2 is 2.14 bits per heavy atom. The van der Waals surface area contributed by atoms with Crippen molar-refractivity contribution >= 4 is 5.91 Å². The van der Waals surface area contributed by atoms with Gasteiger partial charge in [0.05, 0.1) is 12.0 Å². The van der Waals surface area contributed by atoms with Crippen LogP contribution in [0.15, 0.2) is 24.8 Å². The van der Waals surface area contributed by atoms with E-state index in [9.17, 15) is 4.79 Å². The molecule has 6 heteroatoms. The predicted octanol–water partition coefficient (Wildman–Crippen LogP) is 2.60. The number of aromatic nitrogens is 4. The first kappa shape index (κ1) is 16.3. The third-order valence-corrected chi connectivity index (χ3v) is 3.80. The number of amides is 1. The minimum Gasteiger partial charge on any atom is -0.351 e. The average Bonchev–Trinajstić information content (AvgIpc) is 3.16. The van der Waals surface area contributed by atoms with Crippen LogP contribution in [0, 0.1) is 0 Å². The van der Waals surface area contributed by atoms with E-state index in [2.05, 4.69) is 36.2 Å². The fourth-order valence-corrected chi connectivity index (χ4v) is 2.31. The van der Waals surface area contributed by atoms with Crippen molar-refractivity contribution in [1.29, 1.82) is 0 Å². The van der Waals surface area contributed by atoms with Gasteiger partial charge in [-0.2, -0.15) is 5.10 Å². The highest BCUT2D eigenvalue weighted by atomic mass is 16.2. The summed E-state index contributed by atoms with van der Waals surface area (Å²) in [5, 5.41) is 7.46. The maximum atomic E-state index is 12.3. The zero-order valence-corrected chi connectivity index (χ0v) is 13.8. The number of hydrogen-bond acceptors (Lipinski definition) is 3. The van der Waals surface area contributed by atoms with Crippen molar-refractivity contribution in [2.24, 2.45) is 0 Å². The lowest BCUT2D eigenvalue weighted by atomic mass is 10.1. The summed E-state index contributed by atoms with van der Waals surface area (Å²) < 4.78 is 3.81. The maximum absolute atomic E-state index is 12.3. The van der Waals surface area contributed by atoms with Crippen LogP contribution >= 0.6 is 0 Å². The van der Waals surface area contributed by atoms with E-state index in [1.165, 1.54) is 0 Å². The summed E-state index contributed by atoms with van der Waals surface area (Å²) in [6.07, 6.45) is 6.36. The van der Waals surface area contributed by atoms with Gasteiger partial charge in [-0.1, -0.05) is 13.8 Å². The van der Waals surface area contributed by atoms with Crippen molar-refractivity contribution in [3.05, 3.63) is 36.2 Å². The quantitative estimate of drug-likeness (QED) is 0.855. The molecule has 0 saturated carbocycles. The molecule has 0 aromatic carbocycles. The molecule has 0 bridgehead atoms. The van der Waals surface area contributed by atoms with Crippen molar-refractivity contribution in [2.45, 2.75) is 52.6 Å². The second-order valence-electron chi connectivity index (χ2n) is 5.83. The van der Waals surface area contributed by atoms with E-state index in [0.29, 0.717) is 30.7 Å². The molecule has 2 rings (SSSR count). The van der Waals surface area contributed by atoms with Crippen LogP contribution in [0.2, 0.25) is 0 Å². The molecular weight excluding hydrogens is 278 g/mol. The van der Waals surface area contributed by atoms with Crippen LogP contribution < -0.4 is 5.32 Å². The fraction of sp³-hybridized carbons (Fsp3) is 0.562. The lowest BCUT2D eigenvalue weighted by Gasteiger charge is -2.13. The summed E-state index contributed by atoms with van der Waals surface area (Å²) in [5.74, 6) is 0.264. The van der Waals surface area contributed by atoms with Crippen LogP contribution in [0.25, 0.3) is 0 Å². The molecule has 0 radical (unpaired) electrons. The van der Waals surface area contributed by atoms with E-state index in [0.717, 1.165) is 12.1 Å². The summed E-state index contributed by atoms with van der Waals surface area (Å²) in [5.41, 5.74) is 1.60. The minimum absolute atomic E-state index is 0.0564. The van der Waals surface area contributed by atoms with Crippen molar-refractivity contribution < 1.29 is 4.79 Å². The third kappa shape index (κ3) is 3.75. The number of carbonyl (C=O) groups is 1. The van der Waals surface area contributed by atoms with Gasteiger partial charge in [-0.3, -0.25) is 9.48 Å². The number of nitrogens with one attached hydrogen (secondary N) is 1.